The molecule has 3 rings (SSSR count). The first-order chi connectivity index (χ1) is 13.4. The van der Waals surface area contributed by atoms with Crippen LogP contribution in [0.15, 0.2) is 42.5 Å². The fraction of sp³-hybridized carbons (Fsp3) is 0.333. The minimum absolute atomic E-state index is 0.273. The maximum atomic E-state index is 13.8. The van der Waals surface area contributed by atoms with Gasteiger partial charge in [-0.2, -0.15) is 0 Å². The minimum atomic E-state index is -3.47. The van der Waals surface area contributed by atoms with Crippen molar-refractivity contribution in [1.29, 1.82) is 0 Å². The van der Waals surface area contributed by atoms with Crippen molar-refractivity contribution in [3.05, 3.63) is 69.3 Å². The summed E-state index contributed by atoms with van der Waals surface area (Å²) in [5.41, 5.74) is 1.25. The van der Waals surface area contributed by atoms with Gasteiger partial charge in [0.15, 0.2) is 0 Å². The number of rotatable bonds is 8. The van der Waals surface area contributed by atoms with Gasteiger partial charge >= 0.3 is 7.60 Å². The molecule has 0 N–H and O–H groups in total. The van der Waals surface area contributed by atoms with Crippen LogP contribution in [0.5, 0.6) is 0 Å². The zero-order chi connectivity index (χ0) is 20.3. The number of aryl methyl sites for hydroxylation is 1. The van der Waals surface area contributed by atoms with E-state index in [1.807, 2.05) is 25.1 Å². The van der Waals surface area contributed by atoms with E-state index in [4.69, 9.17) is 20.6 Å². The van der Waals surface area contributed by atoms with Crippen LogP contribution in [0.4, 0.5) is 4.39 Å². The van der Waals surface area contributed by atoms with E-state index in [2.05, 4.69) is 6.07 Å². The molecule has 3 aromatic rings. The van der Waals surface area contributed by atoms with Crippen molar-refractivity contribution in [3.63, 3.8) is 0 Å². The van der Waals surface area contributed by atoms with Gasteiger partial charge in [-0.3, -0.25) is 4.57 Å². The molecule has 2 aromatic carbocycles. The Bertz CT molecular complexity index is 1010. The molecule has 0 saturated carbocycles. The molecule has 0 bridgehead atoms. The van der Waals surface area contributed by atoms with E-state index in [9.17, 15) is 8.96 Å². The van der Waals surface area contributed by atoms with E-state index in [1.165, 1.54) is 12.1 Å². The Morgan fingerprint density at radius 3 is 2.43 bits per heavy atom. The standard InChI is InChI=1S/C21H23ClFO3PS/c1-4-25-27(24,26-5-2)19(12-15-10-11-16(23)13-18(15)22)21-14(3)17-8-6-7-9-20(17)28-21/h6-11,13,19H,4-5,12H2,1-3H3. The maximum Gasteiger partial charge on any atom is 0.339 e. The Balaban J connectivity index is 2.15. The van der Waals surface area contributed by atoms with Crippen molar-refractivity contribution in [2.75, 3.05) is 13.2 Å². The first-order valence-electron chi connectivity index (χ1n) is 9.20. The molecule has 3 nitrogen and oxygen atoms in total. The van der Waals surface area contributed by atoms with Crippen molar-refractivity contribution in [1.82, 2.24) is 0 Å². The molecular weight excluding hydrogens is 418 g/mol. The van der Waals surface area contributed by atoms with Gasteiger partial charge in [0.25, 0.3) is 0 Å². The van der Waals surface area contributed by atoms with Crippen LogP contribution in [-0.2, 0) is 20.0 Å². The summed E-state index contributed by atoms with van der Waals surface area (Å²) in [7, 11) is -3.47. The van der Waals surface area contributed by atoms with E-state index >= 15 is 0 Å². The number of fused-ring (bicyclic) bond motifs is 1. The molecule has 0 amide bonds. The molecule has 150 valence electrons. The zero-order valence-corrected chi connectivity index (χ0v) is 18.5. The summed E-state index contributed by atoms with van der Waals surface area (Å²) in [5, 5.41) is 1.43. The largest absolute Gasteiger partial charge is 0.339 e. The van der Waals surface area contributed by atoms with Crippen LogP contribution in [0.3, 0.4) is 0 Å². The first-order valence-corrected chi connectivity index (χ1v) is 12.0. The van der Waals surface area contributed by atoms with Crippen molar-refractivity contribution in [3.8, 4) is 0 Å². The molecule has 0 saturated heterocycles. The highest BCUT2D eigenvalue weighted by Crippen LogP contribution is 2.64. The van der Waals surface area contributed by atoms with E-state index < -0.39 is 19.1 Å². The van der Waals surface area contributed by atoms with E-state index in [1.54, 1.807) is 31.3 Å². The van der Waals surface area contributed by atoms with E-state index in [0.717, 1.165) is 20.5 Å². The smallest absolute Gasteiger partial charge is 0.308 e. The summed E-state index contributed by atoms with van der Waals surface area (Å²) < 4.78 is 39.8. The summed E-state index contributed by atoms with van der Waals surface area (Å²) in [6.07, 6.45) is 0.337. The second-order valence-corrected chi connectivity index (χ2v) is 10.1. The third-order valence-corrected chi connectivity index (χ3v) is 8.96. The second-order valence-electron chi connectivity index (χ2n) is 6.42. The molecule has 7 heteroatoms. The van der Waals surface area contributed by atoms with Crippen LogP contribution in [-0.4, -0.2) is 13.2 Å². The molecule has 0 aliphatic heterocycles. The molecule has 1 aromatic heterocycles. The van der Waals surface area contributed by atoms with E-state index in [-0.39, 0.29) is 13.2 Å². The summed E-state index contributed by atoms with van der Waals surface area (Å²) in [4.78, 5) is 0.951. The third-order valence-electron chi connectivity index (χ3n) is 4.61. The highest BCUT2D eigenvalue weighted by molar-refractivity contribution is 7.54. The van der Waals surface area contributed by atoms with Crippen molar-refractivity contribution in [2.45, 2.75) is 32.9 Å². The topological polar surface area (TPSA) is 35.5 Å². The molecule has 0 aliphatic rings. The number of hydrogen-bond acceptors (Lipinski definition) is 4. The lowest BCUT2D eigenvalue weighted by atomic mass is 10.1. The molecule has 28 heavy (non-hydrogen) atoms. The molecule has 1 unspecified atom stereocenters. The highest BCUT2D eigenvalue weighted by Gasteiger charge is 2.39. The fourth-order valence-corrected chi connectivity index (χ4v) is 7.37. The Labute approximate surface area is 174 Å². The van der Waals surface area contributed by atoms with Crippen LogP contribution in [0, 0.1) is 12.7 Å². The van der Waals surface area contributed by atoms with Gasteiger partial charge in [0.05, 0.1) is 18.9 Å². The summed E-state index contributed by atoms with van der Waals surface area (Å²) in [6.45, 7) is 6.16. The number of benzene rings is 2. The van der Waals surface area contributed by atoms with Gasteiger partial charge in [-0.15, -0.1) is 11.3 Å². The quantitative estimate of drug-likeness (QED) is 0.339. The monoisotopic (exact) mass is 440 g/mol. The summed E-state index contributed by atoms with van der Waals surface area (Å²) in [5.74, 6) is -0.402. The Morgan fingerprint density at radius 2 is 1.82 bits per heavy atom. The number of thiophene rings is 1. The highest BCUT2D eigenvalue weighted by atomic mass is 35.5. The zero-order valence-electron chi connectivity index (χ0n) is 16.1. The van der Waals surface area contributed by atoms with Crippen molar-refractivity contribution < 1.29 is 18.0 Å². The molecule has 0 fully saturated rings. The first kappa shape index (κ1) is 21.5. The lowest BCUT2D eigenvalue weighted by molar-refractivity contribution is 0.212. The molecule has 0 spiro atoms. The van der Waals surface area contributed by atoms with Crippen LogP contribution in [0.1, 0.15) is 35.5 Å². The molecule has 1 heterocycles. The Hall–Kier alpha value is -1.23. The van der Waals surface area contributed by atoms with Crippen molar-refractivity contribution in [2.24, 2.45) is 0 Å². The lowest BCUT2D eigenvalue weighted by Crippen LogP contribution is -2.10. The summed E-state index contributed by atoms with van der Waals surface area (Å²) >= 11 is 7.87. The maximum absolute atomic E-state index is 13.8. The predicted molar refractivity (Wildman–Crippen MR) is 115 cm³/mol. The van der Waals surface area contributed by atoms with Crippen molar-refractivity contribution >= 4 is 40.6 Å². The molecular formula is C21H23ClFO3PS. The van der Waals surface area contributed by atoms with Crippen LogP contribution < -0.4 is 0 Å². The average Bonchev–Trinajstić information content (AvgIpc) is 2.98. The average molecular weight is 441 g/mol. The third kappa shape index (κ3) is 4.34. The molecule has 0 radical (unpaired) electrons. The normalized spacial score (nSPS) is 13.2. The van der Waals surface area contributed by atoms with Gasteiger partial charge in [-0.05, 0) is 61.9 Å². The van der Waals surface area contributed by atoms with Gasteiger partial charge in [0.2, 0.25) is 0 Å². The number of hydrogen-bond donors (Lipinski definition) is 0. The predicted octanol–water partition coefficient (Wildman–Crippen LogP) is 7.55. The Morgan fingerprint density at radius 1 is 1.14 bits per heavy atom. The van der Waals surface area contributed by atoms with E-state index in [0.29, 0.717) is 17.0 Å². The van der Waals surface area contributed by atoms with Gasteiger partial charge in [-0.25, -0.2) is 4.39 Å². The van der Waals surface area contributed by atoms with Crippen LogP contribution in [0.25, 0.3) is 10.1 Å². The molecule has 0 aliphatic carbocycles. The van der Waals surface area contributed by atoms with Gasteiger partial charge < -0.3 is 9.05 Å². The SMILES string of the molecule is CCOP(=O)(OCC)C(Cc1ccc(F)cc1Cl)c1sc2ccccc2c1C. The second kappa shape index (κ2) is 9.06. The van der Waals surface area contributed by atoms with Gasteiger partial charge in [0, 0.05) is 14.6 Å². The van der Waals surface area contributed by atoms with Gasteiger partial charge in [-0.1, -0.05) is 35.9 Å². The van der Waals surface area contributed by atoms with Crippen LogP contribution >= 0.6 is 30.5 Å². The minimum Gasteiger partial charge on any atom is -0.308 e. The van der Waals surface area contributed by atoms with Crippen LogP contribution in [0.2, 0.25) is 5.02 Å². The summed E-state index contributed by atoms with van der Waals surface area (Å²) in [6, 6.07) is 12.3. The van der Waals surface area contributed by atoms with Gasteiger partial charge in [0.1, 0.15) is 5.82 Å². The lowest BCUT2D eigenvalue weighted by Gasteiger charge is -2.26. The Kier molecular flexibility index (Phi) is 6.95. The fourth-order valence-electron chi connectivity index (χ4n) is 3.33. The molecule has 1 atom stereocenters. The number of halogens is 2.